The first kappa shape index (κ1) is 20.7. The molecule has 1 N–H and O–H groups in total. The lowest BCUT2D eigenvalue weighted by Gasteiger charge is -2.17. The van der Waals surface area contributed by atoms with Crippen molar-refractivity contribution >= 4 is 57.5 Å². The molecule has 1 aromatic heterocycles. The largest absolute Gasteiger partial charge is 0.484 e. The number of ether oxygens (including phenoxy) is 1. The van der Waals surface area contributed by atoms with Gasteiger partial charge in [0.2, 0.25) is 0 Å². The molecule has 0 bridgehead atoms. The van der Waals surface area contributed by atoms with E-state index in [9.17, 15) is 9.18 Å². The molecular formula is C21H17ClFN3O2S2. The Morgan fingerprint density at radius 2 is 2.00 bits per heavy atom. The summed E-state index contributed by atoms with van der Waals surface area (Å²) in [6, 6.07) is 13.0. The van der Waals surface area contributed by atoms with Crippen LogP contribution in [-0.4, -0.2) is 34.7 Å². The molecule has 154 valence electrons. The highest BCUT2D eigenvalue weighted by molar-refractivity contribution is 8.03. The molecule has 4 rings (SSSR count). The highest BCUT2D eigenvalue weighted by atomic mass is 35.5. The fraction of sp³-hybridized carbons (Fsp3) is 0.143. The molecule has 0 unspecified atom stereocenters. The van der Waals surface area contributed by atoms with E-state index in [1.54, 1.807) is 53.1 Å². The van der Waals surface area contributed by atoms with Gasteiger partial charge in [-0.25, -0.2) is 9.37 Å². The van der Waals surface area contributed by atoms with Crippen LogP contribution in [0, 0.1) is 5.82 Å². The molecule has 0 atom stereocenters. The molecule has 0 saturated carbocycles. The second-order valence-corrected chi connectivity index (χ2v) is 8.74. The number of hydrogen-bond acceptors (Lipinski definition) is 6. The second-order valence-electron chi connectivity index (χ2n) is 6.33. The summed E-state index contributed by atoms with van der Waals surface area (Å²) >= 11 is 8.91. The Labute approximate surface area is 186 Å². The summed E-state index contributed by atoms with van der Waals surface area (Å²) in [5, 5.41) is 7.21. The van der Waals surface area contributed by atoms with Gasteiger partial charge in [0.1, 0.15) is 11.6 Å². The van der Waals surface area contributed by atoms with E-state index >= 15 is 0 Å². The Morgan fingerprint density at radius 1 is 1.23 bits per heavy atom. The maximum Gasteiger partial charge on any atom is 0.265 e. The monoisotopic (exact) mass is 461 g/mol. The van der Waals surface area contributed by atoms with Crippen molar-refractivity contribution < 1.29 is 13.9 Å². The number of hydrogen-bond donors (Lipinski definition) is 1. The van der Waals surface area contributed by atoms with Crippen LogP contribution >= 0.6 is 34.7 Å². The summed E-state index contributed by atoms with van der Waals surface area (Å²) < 4.78 is 18.6. The number of amides is 1. The molecule has 30 heavy (non-hydrogen) atoms. The minimum Gasteiger partial charge on any atom is -0.484 e. The standard InChI is InChI=1S/C21H17ClFN3O2S2/c22-14-1-7-18(8-2-14)28-12-19(27)26-9-10-29-20(26)11-17-13-30-21(25-17)24-16-5-3-15(23)4-6-16/h1-8,11,13H,9-10,12H2,(H,24,25)/b20-11+. The first-order chi connectivity index (χ1) is 14.6. The number of carbonyl (C=O) groups is 1. The van der Waals surface area contributed by atoms with Crippen LogP contribution in [-0.2, 0) is 4.79 Å². The highest BCUT2D eigenvalue weighted by Gasteiger charge is 2.24. The first-order valence-electron chi connectivity index (χ1n) is 9.08. The van der Waals surface area contributed by atoms with Crippen LogP contribution in [0.3, 0.4) is 0 Å². The van der Waals surface area contributed by atoms with Gasteiger partial charge in [-0.3, -0.25) is 4.79 Å². The first-order valence-corrected chi connectivity index (χ1v) is 11.3. The van der Waals surface area contributed by atoms with Gasteiger partial charge >= 0.3 is 0 Å². The van der Waals surface area contributed by atoms with Crippen LogP contribution in [0.2, 0.25) is 5.02 Å². The summed E-state index contributed by atoms with van der Waals surface area (Å²) in [4.78, 5) is 18.9. The summed E-state index contributed by atoms with van der Waals surface area (Å²) in [6.45, 7) is 0.581. The van der Waals surface area contributed by atoms with Crippen molar-refractivity contribution in [2.45, 2.75) is 0 Å². The van der Waals surface area contributed by atoms with E-state index in [0.29, 0.717) is 22.4 Å². The van der Waals surface area contributed by atoms with E-state index in [-0.39, 0.29) is 18.3 Å². The number of nitrogens with one attached hydrogen (secondary N) is 1. The predicted octanol–water partition coefficient (Wildman–Crippen LogP) is 5.63. The van der Waals surface area contributed by atoms with Gasteiger partial charge in [0, 0.05) is 28.4 Å². The fourth-order valence-corrected chi connectivity index (χ4v) is 4.59. The van der Waals surface area contributed by atoms with Gasteiger partial charge in [-0.15, -0.1) is 23.1 Å². The topological polar surface area (TPSA) is 54.5 Å². The third-order valence-electron chi connectivity index (χ3n) is 4.20. The third-order valence-corrected chi connectivity index (χ3v) is 6.25. The molecule has 1 amide bonds. The van der Waals surface area contributed by atoms with Gasteiger partial charge in [0.05, 0.1) is 10.7 Å². The van der Waals surface area contributed by atoms with Gasteiger partial charge in [0.15, 0.2) is 11.7 Å². The lowest BCUT2D eigenvalue weighted by atomic mass is 10.3. The van der Waals surface area contributed by atoms with Crippen molar-refractivity contribution in [1.29, 1.82) is 0 Å². The zero-order valence-corrected chi connectivity index (χ0v) is 18.1. The Balaban J connectivity index is 1.38. The molecule has 1 saturated heterocycles. The highest BCUT2D eigenvalue weighted by Crippen LogP contribution is 2.31. The molecular weight excluding hydrogens is 445 g/mol. The van der Waals surface area contributed by atoms with Gasteiger partial charge in [0.25, 0.3) is 5.91 Å². The van der Waals surface area contributed by atoms with Crippen molar-refractivity contribution in [3.63, 3.8) is 0 Å². The molecule has 0 aliphatic carbocycles. The summed E-state index contributed by atoms with van der Waals surface area (Å²) in [5.74, 6) is 1.03. The van der Waals surface area contributed by atoms with Crippen LogP contribution in [0.25, 0.3) is 6.08 Å². The van der Waals surface area contributed by atoms with Gasteiger partial charge in [-0.05, 0) is 54.6 Å². The Morgan fingerprint density at radius 3 is 2.77 bits per heavy atom. The van der Waals surface area contributed by atoms with Crippen molar-refractivity contribution in [1.82, 2.24) is 9.88 Å². The molecule has 2 heterocycles. The number of anilines is 2. The van der Waals surface area contributed by atoms with E-state index in [2.05, 4.69) is 10.3 Å². The molecule has 3 aromatic rings. The zero-order chi connectivity index (χ0) is 20.9. The van der Waals surface area contributed by atoms with Gasteiger partial charge in [-0.1, -0.05) is 11.6 Å². The quantitative estimate of drug-likeness (QED) is 0.515. The molecule has 1 fully saturated rings. The molecule has 5 nitrogen and oxygen atoms in total. The van der Waals surface area contributed by atoms with Crippen LogP contribution in [0.1, 0.15) is 5.69 Å². The second kappa shape index (κ2) is 9.51. The van der Waals surface area contributed by atoms with Crippen molar-refractivity contribution in [2.75, 3.05) is 24.2 Å². The Hall–Kier alpha value is -2.55. The minimum atomic E-state index is -0.284. The van der Waals surface area contributed by atoms with Crippen LogP contribution < -0.4 is 10.1 Å². The number of carbonyl (C=O) groups excluding carboxylic acids is 1. The Bertz CT molecular complexity index is 1050. The molecule has 2 aromatic carbocycles. The SMILES string of the molecule is O=C(COc1ccc(Cl)cc1)N1CCS/C1=C/c1csc(Nc2ccc(F)cc2)n1. The molecule has 0 spiro atoms. The molecule has 1 aliphatic heterocycles. The number of thiazole rings is 1. The van der Waals surface area contributed by atoms with E-state index in [0.717, 1.165) is 22.2 Å². The smallest absolute Gasteiger partial charge is 0.265 e. The van der Waals surface area contributed by atoms with Crippen molar-refractivity contribution in [3.8, 4) is 5.75 Å². The summed E-state index contributed by atoms with van der Waals surface area (Å²) in [7, 11) is 0. The number of benzene rings is 2. The average molecular weight is 462 g/mol. The molecule has 0 radical (unpaired) electrons. The average Bonchev–Trinajstić information content (AvgIpc) is 3.39. The maximum atomic E-state index is 13.0. The summed E-state index contributed by atoms with van der Waals surface area (Å²) in [6.07, 6.45) is 1.89. The number of aromatic nitrogens is 1. The predicted molar refractivity (Wildman–Crippen MR) is 121 cm³/mol. The fourth-order valence-electron chi connectivity index (χ4n) is 2.74. The van der Waals surface area contributed by atoms with Crippen LogP contribution in [0.4, 0.5) is 15.2 Å². The number of halogens is 2. The lowest BCUT2D eigenvalue weighted by Crippen LogP contribution is -2.31. The van der Waals surface area contributed by atoms with Crippen LogP contribution in [0.15, 0.2) is 58.9 Å². The van der Waals surface area contributed by atoms with E-state index in [1.165, 1.54) is 23.5 Å². The number of rotatable bonds is 6. The summed E-state index contributed by atoms with van der Waals surface area (Å²) in [5.41, 5.74) is 1.52. The lowest BCUT2D eigenvalue weighted by molar-refractivity contribution is -0.130. The van der Waals surface area contributed by atoms with E-state index < -0.39 is 0 Å². The van der Waals surface area contributed by atoms with Crippen molar-refractivity contribution in [2.24, 2.45) is 0 Å². The van der Waals surface area contributed by atoms with Gasteiger partial charge in [-0.2, -0.15) is 0 Å². The normalized spacial score (nSPS) is 14.9. The van der Waals surface area contributed by atoms with E-state index in [4.69, 9.17) is 16.3 Å². The Kier molecular flexibility index (Phi) is 6.56. The molecule has 9 heteroatoms. The van der Waals surface area contributed by atoms with Gasteiger partial charge < -0.3 is 15.0 Å². The van der Waals surface area contributed by atoms with Crippen LogP contribution in [0.5, 0.6) is 5.75 Å². The zero-order valence-electron chi connectivity index (χ0n) is 15.7. The number of thioether (sulfide) groups is 1. The minimum absolute atomic E-state index is 0.0476. The maximum absolute atomic E-state index is 13.0. The van der Waals surface area contributed by atoms with Crippen molar-refractivity contribution in [3.05, 3.63) is 75.5 Å². The number of nitrogens with zero attached hydrogens (tertiary/aromatic N) is 2. The van der Waals surface area contributed by atoms with E-state index in [1.807, 2.05) is 11.5 Å². The third kappa shape index (κ3) is 5.33. The molecule has 1 aliphatic rings.